The molecule has 0 aromatic carbocycles. The van der Waals surface area contributed by atoms with E-state index in [1.807, 2.05) is 25.3 Å². The van der Waals surface area contributed by atoms with Gasteiger partial charge in [0, 0.05) is 18.5 Å². The molecule has 2 N–H and O–H groups in total. The Labute approximate surface area is 90.7 Å². The lowest BCUT2D eigenvalue weighted by Crippen LogP contribution is -2.37. The van der Waals surface area contributed by atoms with Gasteiger partial charge in [0.25, 0.3) is 0 Å². The highest BCUT2D eigenvalue weighted by Crippen LogP contribution is 2.35. The fourth-order valence-electron chi connectivity index (χ4n) is 2.06. The van der Waals surface area contributed by atoms with Gasteiger partial charge in [0.05, 0.1) is 11.6 Å². The summed E-state index contributed by atoms with van der Waals surface area (Å²) in [6.07, 6.45) is 3.98. The number of hydrogen-bond acceptors (Lipinski definition) is 3. The highest BCUT2D eigenvalue weighted by Gasteiger charge is 2.37. The highest BCUT2D eigenvalue weighted by atomic mass is 16.5. The van der Waals surface area contributed by atoms with Crippen molar-refractivity contribution in [3.8, 4) is 0 Å². The van der Waals surface area contributed by atoms with Crippen molar-refractivity contribution < 1.29 is 4.74 Å². The first-order chi connectivity index (χ1) is 7.12. The van der Waals surface area contributed by atoms with Crippen molar-refractivity contribution in [1.29, 1.82) is 0 Å². The van der Waals surface area contributed by atoms with Crippen molar-refractivity contribution in [3.05, 3.63) is 29.6 Å². The molecule has 1 aliphatic rings. The molecule has 82 valence electrons. The Kier molecular flexibility index (Phi) is 2.76. The highest BCUT2D eigenvalue weighted by molar-refractivity contribution is 5.20. The number of pyridine rings is 1. The van der Waals surface area contributed by atoms with Crippen molar-refractivity contribution in [3.63, 3.8) is 0 Å². The number of nitrogens with two attached hydrogens (primary N) is 1. The lowest BCUT2D eigenvalue weighted by molar-refractivity contribution is -0.00182. The Bertz CT molecular complexity index is 328. The second-order valence-electron chi connectivity index (χ2n) is 4.48. The molecule has 0 bridgehead atoms. The van der Waals surface area contributed by atoms with Crippen LogP contribution in [0.4, 0.5) is 0 Å². The molecule has 3 nitrogen and oxygen atoms in total. The normalized spacial score (nSPS) is 27.9. The van der Waals surface area contributed by atoms with Crippen LogP contribution < -0.4 is 5.73 Å². The summed E-state index contributed by atoms with van der Waals surface area (Å²) < 4.78 is 5.73. The quantitative estimate of drug-likeness (QED) is 0.804. The maximum Gasteiger partial charge on any atom is 0.0847 e. The first kappa shape index (κ1) is 10.6. The summed E-state index contributed by atoms with van der Waals surface area (Å²) in [7, 11) is 0. The topological polar surface area (TPSA) is 48.1 Å². The average Bonchev–Trinajstić information content (AvgIpc) is 2.67. The van der Waals surface area contributed by atoms with Gasteiger partial charge in [-0.15, -0.1) is 0 Å². The summed E-state index contributed by atoms with van der Waals surface area (Å²) in [6, 6.07) is 3.96. The number of hydrogen-bond donors (Lipinski definition) is 1. The molecular formula is C12H18N2O. The van der Waals surface area contributed by atoms with E-state index in [1.54, 1.807) is 0 Å². The van der Waals surface area contributed by atoms with Gasteiger partial charge in [-0.2, -0.15) is 0 Å². The van der Waals surface area contributed by atoms with Crippen molar-refractivity contribution in [1.82, 2.24) is 4.98 Å². The molecule has 2 rings (SSSR count). The minimum atomic E-state index is -0.211. The van der Waals surface area contributed by atoms with Gasteiger partial charge in [-0.3, -0.25) is 4.98 Å². The number of nitrogens with zero attached hydrogens (tertiary/aromatic N) is 1. The summed E-state index contributed by atoms with van der Waals surface area (Å²) >= 11 is 0. The fraction of sp³-hybridized carbons (Fsp3) is 0.583. The van der Waals surface area contributed by atoms with Crippen molar-refractivity contribution >= 4 is 0 Å². The second-order valence-corrected chi connectivity index (χ2v) is 4.48. The van der Waals surface area contributed by atoms with Gasteiger partial charge < -0.3 is 10.5 Å². The first-order valence-corrected chi connectivity index (χ1v) is 5.44. The van der Waals surface area contributed by atoms with E-state index in [4.69, 9.17) is 10.5 Å². The van der Waals surface area contributed by atoms with E-state index in [0.717, 1.165) is 30.7 Å². The van der Waals surface area contributed by atoms with E-state index >= 15 is 0 Å². The molecule has 15 heavy (non-hydrogen) atoms. The Morgan fingerprint density at radius 1 is 1.53 bits per heavy atom. The summed E-state index contributed by atoms with van der Waals surface area (Å²) in [6.45, 7) is 4.89. The van der Waals surface area contributed by atoms with Crippen LogP contribution in [-0.4, -0.2) is 17.2 Å². The largest absolute Gasteiger partial charge is 0.373 e. The van der Waals surface area contributed by atoms with Gasteiger partial charge in [0.15, 0.2) is 0 Å². The predicted octanol–water partition coefficient (Wildman–Crippen LogP) is 1.96. The third-order valence-corrected chi connectivity index (χ3v) is 3.20. The number of rotatable bonds is 2. The molecule has 1 aromatic rings. The Balaban J connectivity index is 2.19. The number of aryl methyl sites for hydroxylation is 1. The van der Waals surface area contributed by atoms with E-state index in [2.05, 4.69) is 11.9 Å². The molecule has 2 atom stereocenters. The molecule has 1 aliphatic heterocycles. The Morgan fingerprint density at radius 3 is 2.87 bits per heavy atom. The van der Waals surface area contributed by atoms with E-state index in [1.165, 1.54) is 0 Å². The van der Waals surface area contributed by atoms with Crippen LogP contribution in [0.1, 0.15) is 37.1 Å². The van der Waals surface area contributed by atoms with Gasteiger partial charge >= 0.3 is 0 Å². The Hall–Kier alpha value is -0.930. The molecule has 2 heterocycles. The molecule has 1 saturated heterocycles. The summed E-state index contributed by atoms with van der Waals surface area (Å²) in [5.74, 6) is 0. The first-order valence-electron chi connectivity index (χ1n) is 5.44. The van der Waals surface area contributed by atoms with Crippen molar-refractivity contribution in [2.75, 3.05) is 6.61 Å². The number of aromatic nitrogens is 1. The zero-order valence-electron chi connectivity index (χ0n) is 9.36. The molecule has 1 fully saturated rings. The van der Waals surface area contributed by atoms with E-state index in [0.29, 0.717) is 0 Å². The van der Waals surface area contributed by atoms with Crippen molar-refractivity contribution in [2.45, 2.75) is 38.3 Å². The van der Waals surface area contributed by atoms with Crippen LogP contribution >= 0.6 is 0 Å². The molecule has 0 aliphatic carbocycles. The van der Waals surface area contributed by atoms with Crippen LogP contribution in [-0.2, 0) is 4.74 Å². The zero-order valence-corrected chi connectivity index (χ0v) is 9.36. The van der Waals surface area contributed by atoms with Gasteiger partial charge in [-0.05, 0) is 38.3 Å². The fourth-order valence-corrected chi connectivity index (χ4v) is 2.06. The number of ether oxygens (including phenoxy) is 1. The van der Waals surface area contributed by atoms with E-state index in [-0.39, 0.29) is 11.6 Å². The SMILES string of the molecule is Cc1ccc(C(N)C2(C)CCCO2)cn1. The summed E-state index contributed by atoms with van der Waals surface area (Å²) in [4.78, 5) is 4.27. The van der Waals surface area contributed by atoms with Gasteiger partial charge in [0.1, 0.15) is 0 Å². The minimum absolute atomic E-state index is 0.0758. The molecular weight excluding hydrogens is 188 g/mol. The monoisotopic (exact) mass is 206 g/mol. The third kappa shape index (κ3) is 2.03. The van der Waals surface area contributed by atoms with Crippen LogP contribution in [0, 0.1) is 6.92 Å². The van der Waals surface area contributed by atoms with Crippen LogP contribution in [0.5, 0.6) is 0 Å². The van der Waals surface area contributed by atoms with Crippen LogP contribution in [0.3, 0.4) is 0 Å². The van der Waals surface area contributed by atoms with Gasteiger partial charge in [-0.25, -0.2) is 0 Å². The van der Waals surface area contributed by atoms with E-state index in [9.17, 15) is 0 Å². The average molecular weight is 206 g/mol. The van der Waals surface area contributed by atoms with Gasteiger partial charge in [-0.1, -0.05) is 6.07 Å². The standard InChI is InChI=1S/C12H18N2O/c1-9-4-5-10(8-14-9)11(13)12(2)6-3-7-15-12/h4-5,8,11H,3,6-7,13H2,1-2H3. The van der Waals surface area contributed by atoms with E-state index < -0.39 is 0 Å². The second kappa shape index (κ2) is 3.91. The summed E-state index contributed by atoms with van der Waals surface area (Å²) in [5.41, 5.74) is 8.09. The van der Waals surface area contributed by atoms with Crippen LogP contribution in [0.25, 0.3) is 0 Å². The van der Waals surface area contributed by atoms with Crippen LogP contribution in [0.15, 0.2) is 18.3 Å². The van der Waals surface area contributed by atoms with Crippen molar-refractivity contribution in [2.24, 2.45) is 5.73 Å². The minimum Gasteiger partial charge on any atom is -0.373 e. The molecule has 1 aromatic heterocycles. The molecule has 0 amide bonds. The smallest absolute Gasteiger partial charge is 0.0847 e. The molecule has 0 radical (unpaired) electrons. The molecule has 0 saturated carbocycles. The maximum atomic E-state index is 6.22. The zero-order chi connectivity index (χ0) is 10.9. The molecule has 3 heteroatoms. The predicted molar refractivity (Wildman–Crippen MR) is 59.5 cm³/mol. The maximum absolute atomic E-state index is 6.22. The van der Waals surface area contributed by atoms with Gasteiger partial charge in [0.2, 0.25) is 0 Å². The molecule has 0 spiro atoms. The summed E-state index contributed by atoms with van der Waals surface area (Å²) in [5, 5.41) is 0. The lowest BCUT2D eigenvalue weighted by atomic mass is 9.89. The lowest BCUT2D eigenvalue weighted by Gasteiger charge is -2.30. The molecule has 2 unspecified atom stereocenters. The Morgan fingerprint density at radius 2 is 2.33 bits per heavy atom. The van der Waals surface area contributed by atoms with Crippen LogP contribution in [0.2, 0.25) is 0 Å². The third-order valence-electron chi connectivity index (χ3n) is 3.20.